The maximum Gasteiger partial charge on any atom is 0.272 e. The maximum absolute atomic E-state index is 12.9. The summed E-state index contributed by atoms with van der Waals surface area (Å²) in [5.74, 6) is 1.31. The van der Waals surface area contributed by atoms with E-state index >= 15 is 0 Å². The molecule has 144 valence electrons. The van der Waals surface area contributed by atoms with Crippen LogP contribution in [0.1, 0.15) is 37.2 Å². The lowest BCUT2D eigenvalue weighted by Gasteiger charge is -2.34. The first-order valence-electron chi connectivity index (χ1n) is 9.62. The van der Waals surface area contributed by atoms with Crippen LogP contribution in [0.3, 0.4) is 0 Å². The number of piperazine rings is 1. The second kappa shape index (κ2) is 9.25. The average molecular weight is 369 g/mol. The van der Waals surface area contributed by atoms with Gasteiger partial charge in [-0.1, -0.05) is 13.8 Å². The molecule has 1 aliphatic heterocycles. The Kier molecular flexibility index (Phi) is 6.51. The molecule has 8 heteroatoms. The van der Waals surface area contributed by atoms with E-state index in [1.54, 1.807) is 30.7 Å². The quantitative estimate of drug-likeness (QED) is 0.737. The molecular weight excluding hydrogens is 342 g/mol. The predicted molar refractivity (Wildman–Crippen MR) is 105 cm³/mol. The fraction of sp³-hybridized carbons (Fsp3) is 0.526. The Morgan fingerprint density at radius 2 is 1.67 bits per heavy atom. The molecule has 0 spiro atoms. The molecule has 1 amide bonds. The second-order valence-corrected chi connectivity index (χ2v) is 6.56. The normalized spacial score (nSPS) is 14.3. The summed E-state index contributed by atoms with van der Waals surface area (Å²) < 4.78 is 0. The molecule has 0 bridgehead atoms. The third-order valence-corrected chi connectivity index (χ3v) is 4.53. The van der Waals surface area contributed by atoms with E-state index in [1.165, 1.54) is 0 Å². The van der Waals surface area contributed by atoms with Gasteiger partial charge < -0.3 is 14.7 Å². The molecule has 1 fully saturated rings. The minimum atomic E-state index is -0.0415. The molecule has 2 aromatic rings. The molecule has 3 heterocycles. The summed E-state index contributed by atoms with van der Waals surface area (Å²) in [5.41, 5.74) is 0.460. The SMILES string of the molecule is CCCN(CCC)c1nccc(C(=O)N2CCN(c3ncccn3)CC2)n1. The molecule has 3 rings (SSSR count). The second-order valence-electron chi connectivity index (χ2n) is 6.56. The number of hydrogen-bond acceptors (Lipinski definition) is 7. The molecule has 8 nitrogen and oxygen atoms in total. The number of rotatable bonds is 7. The standard InChI is InChI=1S/C19H27N7O/c1-3-10-25(11-4-2)19-22-9-6-16(23-19)17(27)24-12-14-26(15-13-24)18-20-7-5-8-21-18/h5-9H,3-4,10-15H2,1-2H3. The monoisotopic (exact) mass is 369 g/mol. The van der Waals surface area contributed by atoms with Gasteiger partial charge in [0, 0.05) is 57.9 Å². The van der Waals surface area contributed by atoms with E-state index in [0.29, 0.717) is 43.8 Å². The summed E-state index contributed by atoms with van der Waals surface area (Å²) in [4.78, 5) is 36.5. The number of nitrogens with zero attached hydrogens (tertiary/aromatic N) is 7. The highest BCUT2D eigenvalue weighted by atomic mass is 16.2. The Balaban J connectivity index is 1.65. The topological polar surface area (TPSA) is 78.4 Å². The van der Waals surface area contributed by atoms with Gasteiger partial charge in [0.05, 0.1) is 0 Å². The van der Waals surface area contributed by atoms with E-state index in [4.69, 9.17) is 0 Å². The van der Waals surface area contributed by atoms with Crippen molar-refractivity contribution in [3.63, 3.8) is 0 Å². The number of aromatic nitrogens is 4. The Hall–Kier alpha value is -2.77. The van der Waals surface area contributed by atoms with E-state index in [-0.39, 0.29) is 5.91 Å². The molecule has 0 N–H and O–H groups in total. The summed E-state index contributed by atoms with van der Waals surface area (Å²) >= 11 is 0. The molecule has 0 atom stereocenters. The molecule has 0 aromatic carbocycles. The summed E-state index contributed by atoms with van der Waals surface area (Å²) in [5, 5.41) is 0. The zero-order chi connectivity index (χ0) is 19.1. The van der Waals surface area contributed by atoms with Crippen molar-refractivity contribution < 1.29 is 4.79 Å². The maximum atomic E-state index is 12.9. The minimum absolute atomic E-state index is 0.0415. The van der Waals surface area contributed by atoms with Crippen LogP contribution in [0.15, 0.2) is 30.7 Å². The lowest BCUT2D eigenvalue weighted by molar-refractivity contribution is 0.0740. The first-order chi connectivity index (χ1) is 13.2. The third-order valence-electron chi connectivity index (χ3n) is 4.53. The molecule has 1 saturated heterocycles. The zero-order valence-electron chi connectivity index (χ0n) is 16.1. The first-order valence-corrected chi connectivity index (χ1v) is 9.62. The van der Waals surface area contributed by atoms with Crippen molar-refractivity contribution in [3.05, 3.63) is 36.4 Å². The summed E-state index contributed by atoms with van der Waals surface area (Å²) in [7, 11) is 0. The van der Waals surface area contributed by atoms with Crippen molar-refractivity contribution >= 4 is 17.8 Å². The zero-order valence-corrected chi connectivity index (χ0v) is 16.1. The Labute approximate surface area is 160 Å². The van der Waals surface area contributed by atoms with Gasteiger partial charge in [0.25, 0.3) is 5.91 Å². The van der Waals surface area contributed by atoms with Crippen molar-refractivity contribution in [2.24, 2.45) is 0 Å². The number of amides is 1. The van der Waals surface area contributed by atoms with Crippen molar-refractivity contribution in [2.45, 2.75) is 26.7 Å². The van der Waals surface area contributed by atoms with Gasteiger partial charge in [-0.05, 0) is 25.0 Å². The fourth-order valence-corrected chi connectivity index (χ4v) is 3.20. The van der Waals surface area contributed by atoms with Gasteiger partial charge in [-0.3, -0.25) is 4.79 Å². The van der Waals surface area contributed by atoms with E-state index in [2.05, 4.69) is 43.6 Å². The lowest BCUT2D eigenvalue weighted by Crippen LogP contribution is -2.49. The smallest absolute Gasteiger partial charge is 0.272 e. The number of anilines is 2. The molecule has 1 aliphatic rings. The van der Waals surface area contributed by atoms with Gasteiger partial charge in [0.2, 0.25) is 11.9 Å². The first kappa shape index (κ1) is 19.0. The highest BCUT2D eigenvalue weighted by Crippen LogP contribution is 2.14. The molecule has 0 saturated carbocycles. The minimum Gasteiger partial charge on any atom is -0.341 e. The molecule has 0 radical (unpaired) electrons. The van der Waals surface area contributed by atoms with Crippen molar-refractivity contribution in [2.75, 3.05) is 49.1 Å². The van der Waals surface area contributed by atoms with Crippen LogP contribution in [-0.2, 0) is 0 Å². The van der Waals surface area contributed by atoms with Crippen LogP contribution >= 0.6 is 0 Å². The van der Waals surface area contributed by atoms with Gasteiger partial charge >= 0.3 is 0 Å². The van der Waals surface area contributed by atoms with Crippen molar-refractivity contribution in [3.8, 4) is 0 Å². The van der Waals surface area contributed by atoms with Gasteiger partial charge in [0.1, 0.15) is 5.69 Å². The van der Waals surface area contributed by atoms with Crippen LogP contribution in [0, 0.1) is 0 Å². The summed E-state index contributed by atoms with van der Waals surface area (Å²) in [6.07, 6.45) is 7.19. The molecule has 0 unspecified atom stereocenters. The Bertz CT molecular complexity index is 726. The van der Waals surface area contributed by atoms with Gasteiger partial charge in [-0.25, -0.2) is 19.9 Å². The fourth-order valence-electron chi connectivity index (χ4n) is 3.20. The van der Waals surface area contributed by atoms with E-state index in [9.17, 15) is 4.79 Å². The van der Waals surface area contributed by atoms with Crippen LogP contribution in [0.4, 0.5) is 11.9 Å². The summed E-state index contributed by atoms with van der Waals surface area (Å²) in [6.45, 7) is 8.73. The van der Waals surface area contributed by atoms with Gasteiger partial charge in [-0.2, -0.15) is 0 Å². The number of carbonyl (C=O) groups excluding carboxylic acids is 1. The van der Waals surface area contributed by atoms with E-state index in [1.807, 2.05) is 4.90 Å². The van der Waals surface area contributed by atoms with E-state index in [0.717, 1.165) is 25.9 Å². The van der Waals surface area contributed by atoms with Crippen LogP contribution in [-0.4, -0.2) is 70.0 Å². The van der Waals surface area contributed by atoms with Gasteiger partial charge in [0.15, 0.2) is 0 Å². The van der Waals surface area contributed by atoms with Crippen molar-refractivity contribution in [1.82, 2.24) is 24.8 Å². The van der Waals surface area contributed by atoms with Crippen LogP contribution < -0.4 is 9.80 Å². The van der Waals surface area contributed by atoms with Crippen LogP contribution in [0.5, 0.6) is 0 Å². The molecular formula is C19H27N7O. The number of carbonyl (C=O) groups is 1. The predicted octanol–water partition coefficient (Wildman–Crippen LogP) is 1.86. The molecule has 27 heavy (non-hydrogen) atoms. The molecule has 0 aliphatic carbocycles. The third kappa shape index (κ3) is 4.69. The Morgan fingerprint density at radius 1 is 1.00 bits per heavy atom. The summed E-state index contributed by atoms with van der Waals surface area (Å²) in [6, 6.07) is 3.50. The average Bonchev–Trinajstić information content (AvgIpc) is 2.74. The lowest BCUT2D eigenvalue weighted by atomic mass is 10.2. The number of hydrogen-bond donors (Lipinski definition) is 0. The largest absolute Gasteiger partial charge is 0.341 e. The van der Waals surface area contributed by atoms with Gasteiger partial charge in [-0.15, -0.1) is 0 Å². The van der Waals surface area contributed by atoms with Crippen LogP contribution in [0.2, 0.25) is 0 Å². The van der Waals surface area contributed by atoms with Crippen LogP contribution in [0.25, 0.3) is 0 Å². The van der Waals surface area contributed by atoms with E-state index < -0.39 is 0 Å². The highest BCUT2D eigenvalue weighted by molar-refractivity contribution is 5.92. The van der Waals surface area contributed by atoms with Crippen molar-refractivity contribution in [1.29, 1.82) is 0 Å². The Morgan fingerprint density at radius 3 is 2.30 bits per heavy atom. The molecule has 2 aromatic heterocycles. The highest BCUT2D eigenvalue weighted by Gasteiger charge is 2.24.